The first-order valence-electron chi connectivity index (χ1n) is 5.93. The first-order chi connectivity index (χ1) is 8.08. The smallest absolute Gasteiger partial charge is 0.131 e. The Bertz CT molecular complexity index is 371. The molecule has 2 N–H and O–H groups in total. The fourth-order valence-electron chi connectivity index (χ4n) is 2.28. The predicted octanol–water partition coefficient (Wildman–Crippen LogP) is 2.39. The summed E-state index contributed by atoms with van der Waals surface area (Å²) in [5, 5.41) is 12.9. The number of aliphatic hydroxyl groups excluding tert-OH is 1. The highest BCUT2D eigenvalue weighted by Crippen LogP contribution is 2.27. The van der Waals surface area contributed by atoms with E-state index in [-0.39, 0.29) is 12.1 Å². The lowest BCUT2D eigenvalue weighted by Crippen LogP contribution is -2.42. The number of rotatable bonds is 4. The van der Waals surface area contributed by atoms with Gasteiger partial charge in [-0.3, -0.25) is 0 Å². The van der Waals surface area contributed by atoms with Crippen molar-refractivity contribution in [1.29, 1.82) is 0 Å². The van der Waals surface area contributed by atoms with Gasteiger partial charge >= 0.3 is 0 Å². The van der Waals surface area contributed by atoms with Crippen LogP contribution in [0.2, 0.25) is 0 Å². The SMILES string of the molecule is CC1CC(NCC(O)c2c(F)cccc2F)C1. The van der Waals surface area contributed by atoms with Crippen LogP contribution in [-0.4, -0.2) is 17.7 Å². The third kappa shape index (κ3) is 2.82. The first-order valence-corrected chi connectivity index (χ1v) is 5.93. The summed E-state index contributed by atoms with van der Waals surface area (Å²) in [5.41, 5.74) is -0.243. The van der Waals surface area contributed by atoms with Crippen molar-refractivity contribution in [1.82, 2.24) is 5.32 Å². The van der Waals surface area contributed by atoms with Crippen LogP contribution in [-0.2, 0) is 0 Å². The van der Waals surface area contributed by atoms with Gasteiger partial charge in [-0.15, -0.1) is 0 Å². The summed E-state index contributed by atoms with van der Waals surface area (Å²) >= 11 is 0. The van der Waals surface area contributed by atoms with Gasteiger partial charge in [0.15, 0.2) is 0 Å². The maximum atomic E-state index is 13.4. The highest BCUT2D eigenvalue weighted by atomic mass is 19.1. The van der Waals surface area contributed by atoms with Gasteiger partial charge in [0.1, 0.15) is 11.6 Å². The Kier molecular flexibility index (Phi) is 3.74. The summed E-state index contributed by atoms with van der Waals surface area (Å²) in [5.74, 6) is -0.683. The zero-order valence-electron chi connectivity index (χ0n) is 9.79. The molecule has 0 amide bonds. The molecule has 0 aromatic heterocycles. The molecular weight excluding hydrogens is 224 g/mol. The van der Waals surface area contributed by atoms with Crippen molar-refractivity contribution in [2.75, 3.05) is 6.54 Å². The van der Waals surface area contributed by atoms with Crippen LogP contribution in [0.5, 0.6) is 0 Å². The Morgan fingerprint density at radius 2 is 1.94 bits per heavy atom. The quantitative estimate of drug-likeness (QED) is 0.848. The van der Waals surface area contributed by atoms with Crippen LogP contribution in [0.1, 0.15) is 31.4 Å². The zero-order chi connectivity index (χ0) is 12.4. The van der Waals surface area contributed by atoms with Crippen LogP contribution in [0, 0.1) is 17.6 Å². The van der Waals surface area contributed by atoms with E-state index < -0.39 is 17.7 Å². The molecule has 0 radical (unpaired) electrons. The lowest BCUT2D eigenvalue weighted by Gasteiger charge is -2.34. The highest BCUT2D eigenvalue weighted by Gasteiger charge is 2.26. The molecule has 1 saturated carbocycles. The van der Waals surface area contributed by atoms with E-state index in [1.54, 1.807) is 0 Å². The maximum absolute atomic E-state index is 13.4. The number of hydrogen-bond acceptors (Lipinski definition) is 2. The maximum Gasteiger partial charge on any atom is 0.131 e. The Labute approximate surface area is 99.7 Å². The molecule has 1 fully saturated rings. The lowest BCUT2D eigenvalue weighted by molar-refractivity contribution is 0.142. The summed E-state index contributed by atoms with van der Waals surface area (Å²) in [6.07, 6.45) is 0.992. The van der Waals surface area contributed by atoms with Crippen molar-refractivity contribution in [2.24, 2.45) is 5.92 Å². The van der Waals surface area contributed by atoms with Crippen LogP contribution in [0.25, 0.3) is 0 Å². The predicted molar refractivity (Wildman–Crippen MR) is 61.5 cm³/mol. The molecule has 4 heteroatoms. The number of benzene rings is 1. The molecule has 0 heterocycles. The normalized spacial score (nSPS) is 25.4. The minimum Gasteiger partial charge on any atom is -0.387 e. The summed E-state index contributed by atoms with van der Waals surface area (Å²) < 4.78 is 26.7. The monoisotopic (exact) mass is 241 g/mol. The van der Waals surface area contributed by atoms with Gasteiger partial charge in [0, 0.05) is 12.6 Å². The second kappa shape index (κ2) is 5.10. The molecule has 2 rings (SSSR count). The van der Waals surface area contributed by atoms with E-state index in [9.17, 15) is 13.9 Å². The van der Waals surface area contributed by atoms with E-state index in [1.165, 1.54) is 6.07 Å². The van der Waals surface area contributed by atoms with Gasteiger partial charge in [-0.1, -0.05) is 13.0 Å². The highest BCUT2D eigenvalue weighted by molar-refractivity contribution is 5.22. The van der Waals surface area contributed by atoms with Crippen LogP contribution in [0.15, 0.2) is 18.2 Å². The zero-order valence-corrected chi connectivity index (χ0v) is 9.79. The first kappa shape index (κ1) is 12.5. The van der Waals surface area contributed by atoms with Gasteiger partial charge in [-0.25, -0.2) is 8.78 Å². The molecule has 1 aromatic carbocycles. The summed E-state index contributed by atoms with van der Waals surface area (Å²) in [6, 6.07) is 3.98. The molecule has 1 aliphatic carbocycles. The fraction of sp³-hybridized carbons (Fsp3) is 0.538. The number of halogens is 2. The van der Waals surface area contributed by atoms with E-state index in [0.717, 1.165) is 25.0 Å². The Hall–Kier alpha value is -1.00. The van der Waals surface area contributed by atoms with Gasteiger partial charge in [0.25, 0.3) is 0 Å². The van der Waals surface area contributed by atoms with Gasteiger partial charge in [0.2, 0.25) is 0 Å². The minimum absolute atomic E-state index is 0.190. The summed E-state index contributed by atoms with van der Waals surface area (Å²) in [7, 11) is 0. The molecule has 2 nitrogen and oxygen atoms in total. The third-order valence-corrected chi connectivity index (χ3v) is 3.31. The molecule has 0 spiro atoms. The molecule has 1 aromatic rings. The topological polar surface area (TPSA) is 32.3 Å². The molecule has 1 aliphatic rings. The van der Waals surface area contributed by atoms with Crippen LogP contribution >= 0.6 is 0 Å². The van der Waals surface area contributed by atoms with Gasteiger partial charge in [-0.2, -0.15) is 0 Å². The number of aliphatic hydroxyl groups is 1. The number of nitrogens with one attached hydrogen (secondary N) is 1. The fourth-order valence-corrected chi connectivity index (χ4v) is 2.28. The van der Waals surface area contributed by atoms with Crippen molar-refractivity contribution in [2.45, 2.75) is 31.9 Å². The van der Waals surface area contributed by atoms with Crippen molar-refractivity contribution in [3.8, 4) is 0 Å². The van der Waals surface area contributed by atoms with Gasteiger partial charge in [-0.05, 0) is 30.9 Å². The van der Waals surface area contributed by atoms with Crippen LogP contribution in [0.3, 0.4) is 0 Å². The van der Waals surface area contributed by atoms with Gasteiger partial charge < -0.3 is 10.4 Å². The van der Waals surface area contributed by atoms with E-state index in [4.69, 9.17) is 0 Å². The van der Waals surface area contributed by atoms with Crippen LogP contribution in [0.4, 0.5) is 8.78 Å². The molecule has 0 saturated heterocycles. The van der Waals surface area contributed by atoms with E-state index in [2.05, 4.69) is 12.2 Å². The largest absolute Gasteiger partial charge is 0.387 e. The number of hydrogen-bond donors (Lipinski definition) is 2. The van der Waals surface area contributed by atoms with Crippen molar-refractivity contribution in [3.05, 3.63) is 35.4 Å². The average molecular weight is 241 g/mol. The van der Waals surface area contributed by atoms with Crippen molar-refractivity contribution < 1.29 is 13.9 Å². The lowest BCUT2D eigenvalue weighted by atomic mass is 9.82. The van der Waals surface area contributed by atoms with E-state index >= 15 is 0 Å². The Morgan fingerprint density at radius 3 is 2.47 bits per heavy atom. The summed E-state index contributed by atoms with van der Waals surface area (Å²) in [6.45, 7) is 2.35. The second-order valence-electron chi connectivity index (χ2n) is 4.83. The molecular formula is C13H17F2NO. The van der Waals surface area contributed by atoms with Crippen molar-refractivity contribution in [3.63, 3.8) is 0 Å². The Morgan fingerprint density at radius 1 is 1.35 bits per heavy atom. The second-order valence-corrected chi connectivity index (χ2v) is 4.83. The molecule has 0 bridgehead atoms. The van der Waals surface area contributed by atoms with E-state index in [1.807, 2.05) is 0 Å². The average Bonchev–Trinajstić information content (AvgIpc) is 2.22. The van der Waals surface area contributed by atoms with Gasteiger partial charge in [0.05, 0.1) is 11.7 Å². The third-order valence-electron chi connectivity index (χ3n) is 3.31. The Balaban J connectivity index is 1.92. The molecule has 1 unspecified atom stereocenters. The van der Waals surface area contributed by atoms with Crippen LogP contribution < -0.4 is 5.32 Å². The summed E-state index contributed by atoms with van der Waals surface area (Å²) in [4.78, 5) is 0. The van der Waals surface area contributed by atoms with Crippen molar-refractivity contribution >= 4 is 0 Å². The minimum atomic E-state index is -1.13. The van der Waals surface area contributed by atoms with E-state index in [0.29, 0.717) is 12.0 Å². The molecule has 0 aliphatic heterocycles. The molecule has 1 atom stereocenters. The standard InChI is InChI=1S/C13H17F2NO/c1-8-5-9(6-8)16-7-12(17)13-10(14)3-2-4-11(13)15/h2-4,8-9,12,16-17H,5-7H2,1H3. The molecule has 94 valence electrons. The molecule has 17 heavy (non-hydrogen) atoms.